The van der Waals surface area contributed by atoms with E-state index in [-0.39, 0.29) is 45.1 Å². The van der Waals surface area contributed by atoms with Gasteiger partial charge in [-0.15, -0.1) is 0 Å². The van der Waals surface area contributed by atoms with Gasteiger partial charge in [-0.25, -0.2) is 9.78 Å². The molecule has 2 heterocycles. The number of carboxylic acid groups (broad SMARTS) is 1. The number of carbonyl (C=O) groups is 4. The molecule has 4 aromatic rings. The summed E-state index contributed by atoms with van der Waals surface area (Å²) in [4.78, 5) is 53.6. The van der Waals surface area contributed by atoms with Crippen LogP contribution in [0.4, 0.5) is 5.13 Å². The summed E-state index contributed by atoms with van der Waals surface area (Å²) in [6.07, 6.45) is 1.68. The Bertz CT molecular complexity index is 1530. The lowest BCUT2D eigenvalue weighted by Crippen LogP contribution is -2.48. The van der Waals surface area contributed by atoms with Crippen LogP contribution in [0.3, 0.4) is 0 Å². The van der Waals surface area contributed by atoms with E-state index in [2.05, 4.69) is 31.1 Å². The minimum absolute atomic E-state index is 0.0504. The number of nitrogens with zero attached hydrogens (tertiary/aromatic N) is 2. The Labute approximate surface area is 218 Å². The molecule has 0 spiro atoms. The lowest BCUT2D eigenvalue weighted by molar-refractivity contribution is -0.139. The monoisotopic (exact) mass is 538 g/mol. The molecule has 196 valence electrons. The number of carbonyl (C=O) groups excluding carboxylic acids is 3. The Morgan fingerprint density at radius 2 is 1.82 bits per heavy atom. The van der Waals surface area contributed by atoms with E-state index in [9.17, 15) is 34.5 Å². The van der Waals surface area contributed by atoms with Gasteiger partial charge in [-0.2, -0.15) is 5.10 Å². The van der Waals surface area contributed by atoms with Gasteiger partial charge in [-0.05, 0) is 30.7 Å². The summed E-state index contributed by atoms with van der Waals surface area (Å²) in [6, 6.07) is 7.17. The predicted molar refractivity (Wildman–Crippen MR) is 136 cm³/mol. The first-order chi connectivity index (χ1) is 18.1. The van der Waals surface area contributed by atoms with E-state index in [4.69, 9.17) is 0 Å². The zero-order valence-corrected chi connectivity index (χ0v) is 20.6. The number of aromatic nitrogens is 3. The number of fused-ring (bicyclic) bond motifs is 1. The molecule has 0 fully saturated rings. The SMILES string of the molecule is Cc1nc(NC(=O)Cc2cccc3[nH]ncc23)sc1C(=O)N[C@@H](CNC(=O)c1cc(O)cc(O)c1)C(=O)O. The number of H-pyrrole nitrogens is 1. The van der Waals surface area contributed by atoms with Crippen LogP contribution in [0.5, 0.6) is 11.5 Å². The largest absolute Gasteiger partial charge is 0.508 e. The number of phenols is 2. The van der Waals surface area contributed by atoms with Gasteiger partial charge in [0.05, 0.1) is 23.8 Å². The summed E-state index contributed by atoms with van der Waals surface area (Å²) in [5, 5.41) is 43.6. The molecule has 14 heteroatoms. The highest BCUT2D eigenvalue weighted by atomic mass is 32.1. The zero-order valence-electron chi connectivity index (χ0n) is 19.8. The van der Waals surface area contributed by atoms with Crippen molar-refractivity contribution in [2.24, 2.45) is 0 Å². The number of phenolic OH excluding ortho intramolecular Hbond substituents is 2. The van der Waals surface area contributed by atoms with Crippen molar-refractivity contribution in [2.75, 3.05) is 11.9 Å². The minimum atomic E-state index is -1.49. The van der Waals surface area contributed by atoms with Crippen LogP contribution < -0.4 is 16.0 Å². The summed E-state index contributed by atoms with van der Waals surface area (Å²) >= 11 is 0.880. The molecule has 7 N–H and O–H groups in total. The van der Waals surface area contributed by atoms with E-state index in [1.54, 1.807) is 25.3 Å². The summed E-state index contributed by atoms with van der Waals surface area (Å²) in [7, 11) is 0. The van der Waals surface area contributed by atoms with E-state index < -0.39 is 30.4 Å². The number of aromatic amines is 1. The molecule has 0 unspecified atom stereocenters. The number of anilines is 1. The lowest BCUT2D eigenvalue weighted by atomic mass is 10.1. The third-order valence-corrected chi connectivity index (χ3v) is 6.48. The summed E-state index contributed by atoms with van der Waals surface area (Å²) < 4.78 is 0. The fraction of sp³-hybridized carbons (Fsp3) is 0.167. The molecule has 3 amide bonds. The van der Waals surface area contributed by atoms with Crippen molar-refractivity contribution in [3.8, 4) is 11.5 Å². The topological polar surface area (TPSA) is 207 Å². The first-order valence-corrected chi connectivity index (χ1v) is 12.0. The molecule has 38 heavy (non-hydrogen) atoms. The third-order valence-electron chi connectivity index (χ3n) is 5.41. The molecule has 0 aliphatic rings. The minimum Gasteiger partial charge on any atom is -0.508 e. The average Bonchev–Trinajstić information content (AvgIpc) is 3.47. The fourth-order valence-electron chi connectivity index (χ4n) is 3.63. The fourth-order valence-corrected chi connectivity index (χ4v) is 4.51. The van der Waals surface area contributed by atoms with Gasteiger partial charge in [0.2, 0.25) is 5.91 Å². The second-order valence-electron chi connectivity index (χ2n) is 8.22. The van der Waals surface area contributed by atoms with Crippen LogP contribution in [-0.2, 0) is 16.0 Å². The number of aliphatic carboxylic acids is 1. The molecule has 13 nitrogen and oxygen atoms in total. The highest BCUT2D eigenvalue weighted by Gasteiger charge is 2.25. The Balaban J connectivity index is 1.38. The van der Waals surface area contributed by atoms with Gasteiger partial charge in [-0.1, -0.05) is 23.5 Å². The van der Waals surface area contributed by atoms with Gasteiger partial charge >= 0.3 is 5.97 Å². The van der Waals surface area contributed by atoms with Crippen molar-refractivity contribution in [1.29, 1.82) is 0 Å². The summed E-state index contributed by atoms with van der Waals surface area (Å²) in [6.45, 7) is 1.07. The molecular formula is C24H22N6O7S. The molecule has 2 aromatic heterocycles. The van der Waals surface area contributed by atoms with Crippen LogP contribution in [-0.4, -0.2) is 66.8 Å². The van der Waals surface area contributed by atoms with Crippen LogP contribution in [0, 0.1) is 6.92 Å². The number of nitrogens with one attached hydrogen (secondary N) is 4. The maximum atomic E-state index is 12.8. The van der Waals surface area contributed by atoms with Gasteiger partial charge in [0.1, 0.15) is 22.4 Å². The number of benzene rings is 2. The predicted octanol–water partition coefficient (Wildman–Crippen LogP) is 1.53. The van der Waals surface area contributed by atoms with Crippen LogP contribution >= 0.6 is 11.3 Å². The molecule has 4 rings (SSSR count). The first kappa shape index (κ1) is 26.1. The summed E-state index contributed by atoms with van der Waals surface area (Å²) in [5.74, 6) is -3.96. The van der Waals surface area contributed by atoms with Crippen LogP contribution in [0.1, 0.15) is 31.3 Å². The quantitative estimate of drug-likeness (QED) is 0.165. The average molecular weight is 539 g/mol. The van der Waals surface area contributed by atoms with E-state index >= 15 is 0 Å². The van der Waals surface area contributed by atoms with Crippen molar-refractivity contribution >= 4 is 51.1 Å². The Kier molecular flexibility index (Phi) is 7.53. The van der Waals surface area contributed by atoms with Gasteiger partial charge in [0, 0.05) is 23.6 Å². The van der Waals surface area contributed by atoms with Crippen molar-refractivity contribution < 1.29 is 34.5 Å². The molecule has 0 aliphatic heterocycles. The Morgan fingerprint density at radius 1 is 1.08 bits per heavy atom. The number of aromatic hydroxyl groups is 2. The van der Waals surface area contributed by atoms with E-state index in [1.807, 2.05) is 6.07 Å². The second-order valence-corrected chi connectivity index (χ2v) is 9.22. The number of amides is 3. The van der Waals surface area contributed by atoms with Crippen molar-refractivity contribution in [2.45, 2.75) is 19.4 Å². The maximum Gasteiger partial charge on any atom is 0.328 e. The number of carboxylic acids is 1. The molecular weight excluding hydrogens is 516 g/mol. The number of hydrogen-bond acceptors (Lipinski definition) is 9. The number of aryl methyl sites for hydroxylation is 1. The molecule has 0 saturated heterocycles. The molecule has 0 aliphatic carbocycles. The first-order valence-electron chi connectivity index (χ1n) is 11.1. The molecule has 1 atom stereocenters. The highest BCUT2D eigenvalue weighted by Crippen LogP contribution is 2.24. The number of rotatable bonds is 9. The zero-order chi connectivity index (χ0) is 27.4. The van der Waals surface area contributed by atoms with E-state index in [0.29, 0.717) is 0 Å². The molecule has 2 aromatic carbocycles. The maximum absolute atomic E-state index is 12.8. The Morgan fingerprint density at radius 3 is 2.53 bits per heavy atom. The van der Waals surface area contributed by atoms with Gasteiger partial charge in [0.25, 0.3) is 11.8 Å². The van der Waals surface area contributed by atoms with Crippen molar-refractivity contribution in [3.63, 3.8) is 0 Å². The second kappa shape index (κ2) is 11.0. The number of thiazole rings is 1. The van der Waals surface area contributed by atoms with Crippen molar-refractivity contribution in [3.05, 3.63) is 64.3 Å². The van der Waals surface area contributed by atoms with Gasteiger partial charge < -0.3 is 31.3 Å². The van der Waals surface area contributed by atoms with Crippen molar-refractivity contribution in [1.82, 2.24) is 25.8 Å². The Hall–Kier alpha value is -4.98. The normalized spacial score (nSPS) is 11.6. The number of hydrogen-bond donors (Lipinski definition) is 7. The van der Waals surface area contributed by atoms with Gasteiger partial charge in [-0.3, -0.25) is 19.5 Å². The highest BCUT2D eigenvalue weighted by molar-refractivity contribution is 7.17. The van der Waals surface area contributed by atoms with Gasteiger partial charge in [0.15, 0.2) is 5.13 Å². The summed E-state index contributed by atoms with van der Waals surface area (Å²) in [5.41, 5.74) is 1.74. The molecule has 0 radical (unpaired) electrons. The standard InChI is InChI=1S/C24H22N6O7S/c1-11-20(38-24(27-11)29-19(33)7-12-3-2-4-17-16(12)9-26-30-17)22(35)28-18(23(36)37)10-25-21(34)13-5-14(31)8-15(32)6-13/h2-6,8-9,18,31-32H,7,10H2,1H3,(H,25,34)(H,26,30)(H,28,35)(H,36,37)(H,27,29,33)/t18-/m0/s1. The molecule has 0 bridgehead atoms. The third kappa shape index (κ3) is 6.04. The van der Waals surface area contributed by atoms with Crippen LogP contribution in [0.2, 0.25) is 0 Å². The molecule has 0 saturated carbocycles. The van der Waals surface area contributed by atoms with E-state index in [1.165, 1.54) is 0 Å². The van der Waals surface area contributed by atoms with E-state index in [0.717, 1.165) is 46.0 Å². The van der Waals surface area contributed by atoms with Crippen LogP contribution in [0.25, 0.3) is 10.9 Å². The smallest absolute Gasteiger partial charge is 0.328 e. The lowest BCUT2D eigenvalue weighted by Gasteiger charge is -2.15. The van der Waals surface area contributed by atoms with Crippen LogP contribution in [0.15, 0.2) is 42.6 Å².